The lowest BCUT2D eigenvalue weighted by Crippen LogP contribution is -2.21. The van der Waals surface area contributed by atoms with Gasteiger partial charge in [-0.25, -0.2) is 4.18 Å². The monoisotopic (exact) mass is 183 g/mol. The first-order valence-electron chi connectivity index (χ1n) is 3.33. The molecule has 0 aromatic rings. The Bertz CT molecular complexity index is 189. The SMILES string of the molecule is CCC(N)CCOS(=O)(=O)O. The van der Waals surface area contributed by atoms with Gasteiger partial charge in [0.05, 0.1) is 6.61 Å². The molecule has 0 saturated carbocycles. The van der Waals surface area contributed by atoms with Crippen LogP contribution in [0.4, 0.5) is 0 Å². The minimum Gasteiger partial charge on any atom is -0.328 e. The summed E-state index contributed by atoms with van der Waals surface area (Å²) in [5.41, 5.74) is 5.45. The molecular formula is C5H13NO4S. The molecule has 0 spiro atoms. The van der Waals surface area contributed by atoms with Gasteiger partial charge in [0.2, 0.25) is 0 Å². The summed E-state index contributed by atoms with van der Waals surface area (Å²) >= 11 is 0. The van der Waals surface area contributed by atoms with Crippen LogP contribution in [-0.4, -0.2) is 25.6 Å². The highest BCUT2D eigenvalue weighted by atomic mass is 32.3. The van der Waals surface area contributed by atoms with Gasteiger partial charge >= 0.3 is 10.4 Å². The molecule has 0 saturated heterocycles. The molecule has 0 amide bonds. The standard InChI is InChI=1S/C5H13NO4S/c1-2-5(6)3-4-10-11(7,8)9/h5H,2-4,6H2,1H3,(H,7,8,9). The fourth-order valence-electron chi connectivity index (χ4n) is 0.509. The van der Waals surface area contributed by atoms with Crippen LogP contribution in [0.1, 0.15) is 19.8 Å². The molecule has 0 fully saturated rings. The molecule has 0 aromatic carbocycles. The van der Waals surface area contributed by atoms with Gasteiger partial charge in [0.15, 0.2) is 0 Å². The summed E-state index contributed by atoms with van der Waals surface area (Å²) in [4.78, 5) is 0. The van der Waals surface area contributed by atoms with Gasteiger partial charge in [0.25, 0.3) is 0 Å². The molecule has 5 nitrogen and oxygen atoms in total. The Balaban J connectivity index is 3.43. The first-order valence-corrected chi connectivity index (χ1v) is 4.69. The van der Waals surface area contributed by atoms with Crippen molar-refractivity contribution in [3.8, 4) is 0 Å². The Morgan fingerprint density at radius 3 is 2.55 bits per heavy atom. The summed E-state index contributed by atoms with van der Waals surface area (Å²) < 4.78 is 32.1. The van der Waals surface area contributed by atoms with Crippen molar-refractivity contribution in [2.45, 2.75) is 25.8 Å². The average molecular weight is 183 g/mol. The molecular weight excluding hydrogens is 170 g/mol. The van der Waals surface area contributed by atoms with Gasteiger partial charge in [0.1, 0.15) is 0 Å². The van der Waals surface area contributed by atoms with Crippen LogP contribution in [0.25, 0.3) is 0 Å². The van der Waals surface area contributed by atoms with E-state index in [0.717, 1.165) is 6.42 Å². The summed E-state index contributed by atoms with van der Waals surface area (Å²) in [6, 6.07) is -0.0725. The second kappa shape index (κ2) is 4.66. The number of rotatable bonds is 5. The first-order chi connectivity index (χ1) is 4.95. The second-order valence-corrected chi connectivity index (χ2v) is 3.30. The lowest BCUT2D eigenvalue weighted by molar-refractivity contribution is 0.256. The van der Waals surface area contributed by atoms with Crippen LogP contribution in [0.2, 0.25) is 0 Å². The fourth-order valence-corrected chi connectivity index (χ4v) is 0.816. The van der Waals surface area contributed by atoms with Gasteiger partial charge in [-0.3, -0.25) is 4.55 Å². The number of hydrogen-bond donors (Lipinski definition) is 2. The molecule has 0 heterocycles. The van der Waals surface area contributed by atoms with Crippen LogP contribution < -0.4 is 5.73 Å². The molecule has 11 heavy (non-hydrogen) atoms. The molecule has 6 heteroatoms. The Labute approximate surface area is 66.5 Å². The largest absolute Gasteiger partial charge is 0.397 e. The minimum atomic E-state index is -4.28. The Morgan fingerprint density at radius 1 is 1.64 bits per heavy atom. The number of nitrogens with two attached hydrogens (primary N) is 1. The maximum absolute atomic E-state index is 9.99. The van der Waals surface area contributed by atoms with Crippen LogP contribution >= 0.6 is 0 Å². The molecule has 3 N–H and O–H groups in total. The zero-order valence-corrected chi connectivity index (χ0v) is 7.17. The van der Waals surface area contributed by atoms with E-state index in [2.05, 4.69) is 4.18 Å². The fraction of sp³-hybridized carbons (Fsp3) is 1.00. The Hall–Kier alpha value is -0.170. The zero-order chi connectivity index (χ0) is 8.91. The summed E-state index contributed by atoms with van der Waals surface area (Å²) in [5, 5.41) is 0. The normalized spacial score (nSPS) is 14.8. The zero-order valence-electron chi connectivity index (χ0n) is 6.36. The van der Waals surface area contributed by atoms with Crippen LogP contribution in [-0.2, 0) is 14.6 Å². The maximum Gasteiger partial charge on any atom is 0.397 e. The van der Waals surface area contributed by atoms with Crippen LogP contribution in [0.3, 0.4) is 0 Å². The third-order valence-corrected chi connectivity index (χ3v) is 1.71. The highest BCUT2D eigenvalue weighted by Gasteiger charge is 2.05. The Morgan fingerprint density at radius 2 is 2.18 bits per heavy atom. The van der Waals surface area contributed by atoms with Gasteiger partial charge in [-0.1, -0.05) is 6.92 Å². The van der Waals surface area contributed by atoms with Crippen molar-refractivity contribution < 1.29 is 17.2 Å². The van der Waals surface area contributed by atoms with E-state index in [1.807, 2.05) is 6.92 Å². The van der Waals surface area contributed by atoms with Gasteiger partial charge in [-0.05, 0) is 12.8 Å². The van der Waals surface area contributed by atoms with Crippen LogP contribution in [0.5, 0.6) is 0 Å². The molecule has 0 aliphatic heterocycles. The summed E-state index contributed by atoms with van der Waals surface area (Å²) in [5.74, 6) is 0. The predicted molar refractivity (Wildman–Crippen MR) is 40.4 cm³/mol. The molecule has 1 unspecified atom stereocenters. The quantitative estimate of drug-likeness (QED) is 0.582. The minimum absolute atomic E-state index is 0.0617. The van der Waals surface area contributed by atoms with Crippen molar-refractivity contribution in [1.29, 1.82) is 0 Å². The van der Waals surface area contributed by atoms with Crippen LogP contribution in [0.15, 0.2) is 0 Å². The van der Waals surface area contributed by atoms with Crippen molar-refractivity contribution in [2.75, 3.05) is 6.61 Å². The van der Waals surface area contributed by atoms with E-state index in [4.69, 9.17) is 10.3 Å². The van der Waals surface area contributed by atoms with E-state index in [1.54, 1.807) is 0 Å². The third kappa shape index (κ3) is 7.73. The van der Waals surface area contributed by atoms with E-state index >= 15 is 0 Å². The first kappa shape index (κ1) is 10.8. The van der Waals surface area contributed by atoms with E-state index in [-0.39, 0.29) is 12.6 Å². The molecule has 0 aliphatic rings. The summed E-state index contributed by atoms with van der Waals surface area (Å²) in [6.45, 7) is 1.83. The molecule has 0 aliphatic carbocycles. The van der Waals surface area contributed by atoms with E-state index in [0.29, 0.717) is 6.42 Å². The topological polar surface area (TPSA) is 89.6 Å². The van der Waals surface area contributed by atoms with E-state index < -0.39 is 10.4 Å². The Kier molecular flexibility index (Phi) is 4.58. The predicted octanol–water partition coefficient (Wildman–Crippen LogP) is -0.0668. The van der Waals surface area contributed by atoms with Crippen molar-refractivity contribution in [3.05, 3.63) is 0 Å². The van der Waals surface area contributed by atoms with Gasteiger partial charge in [-0.15, -0.1) is 0 Å². The molecule has 68 valence electrons. The summed E-state index contributed by atoms with van der Waals surface area (Å²) in [7, 11) is -4.28. The second-order valence-electron chi connectivity index (χ2n) is 2.21. The number of hydrogen-bond acceptors (Lipinski definition) is 4. The van der Waals surface area contributed by atoms with Crippen LogP contribution in [0, 0.1) is 0 Å². The smallest absolute Gasteiger partial charge is 0.328 e. The lowest BCUT2D eigenvalue weighted by Gasteiger charge is -2.06. The molecule has 1 atom stereocenters. The highest BCUT2D eigenvalue weighted by molar-refractivity contribution is 7.80. The molecule has 0 rings (SSSR count). The van der Waals surface area contributed by atoms with Crippen molar-refractivity contribution >= 4 is 10.4 Å². The molecule has 0 aromatic heterocycles. The highest BCUT2D eigenvalue weighted by Crippen LogP contribution is 1.95. The van der Waals surface area contributed by atoms with Gasteiger partial charge in [-0.2, -0.15) is 8.42 Å². The maximum atomic E-state index is 9.99. The van der Waals surface area contributed by atoms with Gasteiger partial charge < -0.3 is 5.73 Å². The molecule has 0 bridgehead atoms. The molecule has 0 radical (unpaired) electrons. The van der Waals surface area contributed by atoms with Crippen molar-refractivity contribution in [3.63, 3.8) is 0 Å². The average Bonchev–Trinajstić information content (AvgIpc) is 1.85. The van der Waals surface area contributed by atoms with E-state index in [1.165, 1.54) is 0 Å². The summed E-state index contributed by atoms with van der Waals surface area (Å²) in [6.07, 6.45) is 1.19. The van der Waals surface area contributed by atoms with Crippen molar-refractivity contribution in [2.24, 2.45) is 5.73 Å². The lowest BCUT2D eigenvalue weighted by atomic mass is 10.2. The van der Waals surface area contributed by atoms with Gasteiger partial charge in [0, 0.05) is 6.04 Å². The van der Waals surface area contributed by atoms with Crippen molar-refractivity contribution in [1.82, 2.24) is 0 Å². The third-order valence-electron chi connectivity index (χ3n) is 1.25. The van der Waals surface area contributed by atoms with E-state index in [9.17, 15) is 8.42 Å².